The van der Waals surface area contributed by atoms with Crippen LogP contribution in [0.25, 0.3) is 11.1 Å². The summed E-state index contributed by atoms with van der Waals surface area (Å²) >= 11 is 0. The molecule has 0 saturated carbocycles. The van der Waals surface area contributed by atoms with Gasteiger partial charge in [-0.05, 0) is 19.9 Å². The average Bonchev–Trinajstić information content (AvgIpc) is 3.07. The van der Waals surface area contributed by atoms with Crippen LogP contribution in [0.4, 0.5) is 0 Å². The Balaban J connectivity index is 1.59. The maximum atomic E-state index is 13.0. The summed E-state index contributed by atoms with van der Waals surface area (Å²) in [5.41, 5.74) is 0.434. The lowest BCUT2D eigenvalue weighted by Gasteiger charge is -2.26. The van der Waals surface area contributed by atoms with Crippen molar-refractivity contribution >= 4 is 23.0 Å². The molecule has 1 unspecified atom stereocenters. The number of nitrogens with zero attached hydrogens (tertiary/aromatic N) is 2. The highest BCUT2D eigenvalue weighted by atomic mass is 16.5. The Labute approximate surface area is 171 Å². The van der Waals surface area contributed by atoms with Crippen LogP contribution in [-0.4, -0.2) is 34.6 Å². The molecule has 0 bridgehead atoms. The Kier molecular flexibility index (Phi) is 5.26. The normalized spacial score (nSPS) is 15.3. The molecule has 1 atom stereocenters. The van der Waals surface area contributed by atoms with E-state index in [0.29, 0.717) is 13.0 Å². The van der Waals surface area contributed by atoms with Crippen LogP contribution in [0.1, 0.15) is 41.1 Å². The van der Waals surface area contributed by atoms with Gasteiger partial charge in [-0.15, -0.1) is 0 Å². The second-order valence-electron chi connectivity index (χ2n) is 6.91. The monoisotopic (exact) mass is 411 g/mol. The van der Waals surface area contributed by atoms with E-state index in [9.17, 15) is 14.4 Å². The number of hydrogen-bond acceptors (Lipinski definition) is 7. The minimum atomic E-state index is -0.659. The molecule has 0 spiro atoms. The average molecular weight is 411 g/mol. The van der Waals surface area contributed by atoms with Gasteiger partial charge in [0, 0.05) is 12.0 Å². The molecular formula is C21H21N3O6. The van der Waals surface area contributed by atoms with Crippen molar-refractivity contribution in [3.8, 4) is 5.75 Å². The first-order valence-electron chi connectivity index (χ1n) is 9.66. The van der Waals surface area contributed by atoms with E-state index in [4.69, 9.17) is 13.9 Å². The van der Waals surface area contributed by atoms with Gasteiger partial charge in [0.2, 0.25) is 11.6 Å². The topological polar surface area (TPSA) is 113 Å². The summed E-state index contributed by atoms with van der Waals surface area (Å²) in [5, 5.41) is 2.95. The van der Waals surface area contributed by atoms with Gasteiger partial charge in [0.25, 0.3) is 5.56 Å². The number of nitrogens with one attached hydrogen (secondary N) is 1. The number of fused-ring (bicyclic) bond motifs is 2. The summed E-state index contributed by atoms with van der Waals surface area (Å²) in [6, 6.07) is 7.30. The van der Waals surface area contributed by atoms with E-state index in [-0.39, 0.29) is 47.5 Å². The van der Waals surface area contributed by atoms with Crippen molar-refractivity contribution in [1.29, 1.82) is 0 Å². The van der Waals surface area contributed by atoms with Crippen molar-refractivity contribution in [1.82, 2.24) is 14.9 Å². The molecule has 1 aliphatic rings. The van der Waals surface area contributed by atoms with Crippen LogP contribution in [0.2, 0.25) is 0 Å². The number of furan rings is 1. The fourth-order valence-corrected chi connectivity index (χ4v) is 3.59. The first-order chi connectivity index (χ1) is 14.5. The maximum absolute atomic E-state index is 13.0. The molecule has 2 aromatic heterocycles. The number of benzene rings is 1. The lowest BCUT2D eigenvalue weighted by molar-refractivity contribution is -0.122. The summed E-state index contributed by atoms with van der Waals surface area (Å²) in [4.78, 5) is 42.0. The predicted molar refractivity (Wildman–Crippen MR) is 106 cm³/mol. The number of carbonyl (C=O) groups is 2. The van der Waals surface area contributed by atoms with Crippen LogP contribution >= 0.6 is 0 Å². The number of aromatic nitrogens is 2. The Morgan fingerprint density at radius 1 is 1.33 bits per heavy atom. The van der Waals surface area contributed by atoms with Gasteiger partial charge in [-0.1, -0.05) is 18.2 Å². The molecule has 0 fully saturated rings. The highest BCUT2D eigenvalue weighted by Gasteiger charge is 2.25. The Hall–Kier alpha value is -3.62. The predicted octanol–water partition coefficient (Wildman–Crippen LogP) is 2.11. The number of hydrogen-bond donors (Lipinski definition) is 1. The van der Waals surface area contributed by atoms with Gasteiger partial charge >= 0.3 is 5.97 Å². The molecule has 4 rings (SSSR count). The van der Waals surface area contributed by atoms with Crippen LogP contribution in [0, 0.1) is 6.92 Å². The number of carbonyl (C=O) groups excluding carboxylic acids is 2. The van der Waals surface area contributed by atoms with Crippen LogP contribution in [-0.2, 0) is 16.1 Å². The van der Waals surface area contributed by atoms with Gasteiger partial charge in [0.1, 0.15) is 35.3 Å². The van der Waals surface area contributed by atoms with E-state index in [2.05, 4.69) is 10.3 Å². The summed E-state index contributed by atoms with van der Waals surface area (Å²) in [6.45, 7) is 3.65. The van der Waals surface area contributed by atoms with E-state index >= 15 is 0 Å². The number of amides is 1. The molecule has 1 aliphatic heterocycles. The van der Waals surface area contributed by atoms with Gasteiger partial charge in [-0.25, -0.2) is 9.78 Å². The standard InChI is InChI=1S/C21H21N3O6/c1-3-28-21(27)17-12(2)30-19-18(17)20(26)24(11-22-19)10-16(25)23-14-8-9-29-15-7-5-4-6-13(14)15/h4-7,11,14H,3,8-10H2,1-2H3,(H,23,25). The Morgan fingerprint density at radius 2 is 2.13 bits per heavy atom. The van der Waals surface area contributed by atoms with Gasteiger partial charge in [-0.2, -0.15) is 0 Å². The summed E-state index contributed by atoms with van der Waals surface area (Å²) < 4.78 is 17.2. The van der Waals surface area contributed by atoms with Crippen molar-refractivity contribution in [2.75, 3.05) is 13.2 Å². The van der Waals surface area contributed by atoms with Gasteiger partial charge in [-0.3, -0.25) is 14.2 Å². The maximum Gasteiger partial charge on any atom is 0.342 e. The molecule has 0 radical (unpaired) electrons. The zero-order valence-electron chi connectivity index (χ0n) is 16.6. The van der Waals surface area contributed by atoms with E-state index in [0.717, 1.165) is 15.9 Å². The highest BCUT2D eigenvalue weighted by molar-refractivity contribution is 6.03. The van der Waals surface area contributed by atoms with E-state index in [1.165, 1.54) is 6.33 Å². The van der Waals surface area contributed by atoms with Crippen molar-refractivity contribution in [2.45, 2.75) is 32.9 Å². The Bertz CT molecular complexity index is 1180. The minimum absolute atomic E-state index is 0.0117. The van der Waals surface area contributed by atoms with E-state index in [1.54, 1.807) is 13.8 Å². The van der Waals surface area contributed by atoms with Gasteiger partial charge in [0.15, 0.2) is 0 Å². The molecule has 0 saturated heterocycles. The first-order valence-corrected chi connectivity index (χ1v) is 9.66. The second-order valence-corrected chi connectivity index (χ2v) is 6.91. The van der Waals surface area contributed by atoms with Gasteiger partial charge < -0.3 is 19.2 Å². The third-order valence-electron chi connectivity index (χ3n) is 4.94. The van der Waals surface area contributed by atoms with E-state index < -0.39 is 11.5 Å². The molecule has 1 N–H and O–H groups in total. The molecule has 30 heavy (non-hydrogen) atoms. The van der Waals surface area contributed by atoms with Crippen LogP contribution in [0.3, 0.4) is 0 Å². The number of esters is 1. The lowest BCUT2D eigenvalue weighted by Crippen LogP contribution is -2.36. The zero-order valence-corrected chi connectivity index (χ0v) is 16.6. The largest absolute Gasteiger partial charge is 0.493 e. The number of aryl methyl sites for hydroxylation is 1. The molecule has 9 nitrogen and oxygen atoms in total. The fourth-order valence-electron chi connectivity index (χ4n) is 3.59. The molecule has 3 heterocycles. The first kappa shape index (κ1) is 19.7. The van der Waals surface area contributed by atoms with Crippen molar-refractivity contribution in [3.63, 3.8) is 0 Å². The molecule has 156 valence electrons. The summed E-state index contributed by atoms with van der Waals surface area (Å²) in [7, 11) is 0. The molecule has 1 aromatic carbocycles. The summed E-state index contributed by atoms with van der Waals surface area (Å²) in [5.74, 6) is -0.0252. The van der Waals surface area contributed by atoms with Crippen molar-refractivity contribution in [3.05, 3.63) is 57.8 Å². The number of ether oxygens (including phenoxy) is 2. The third-order valence-corrected chi connectivity index (χ3v) is 4.94. The van der Waals surface area contributed by atoms with Crippen LogP contribution in [0.15, 0.2) is 39.8 Å². The van der Waals surface area contributed by atoms with E-state index in [1.807, 2.05) is 24.3 Å². The number of para-hydroxylation sites is 1. The van der Waals surface area contributed by atoms with Crippen molar-refractivity contribution < 1.29 is 23.5 Å². The molecule has 0 aliphatic carbocycles. The summed E-state index contributed by atoms with van der Waals surface area (Å²) in [6.07, 6.45) is 1.86. The van der Waals surface area contributed by atoms with Crippen LogP contribution in [0.5, 0.6) is 5.75 Å². The SMILES string of the molecule is CCOC(=O)c1c(C)oc2ncn(CC(=O)NC3CCOc4ccccc43)c(=O)c12. The molecular weight excluding hydrogens is 390 g/mol. The molecule has 9 heteroatoms. The second kappa shape index (κ2) is 8.02. The zero-order chi connectivity index (χ0) is 21.3. The number of rotatable bonds is 5. The van der Waals surface area contributed by atoms with Crippen LogP contribution < -0.4 is 15.6 Å². The Morgan fingerprint density at radius 3 is 2.93 bits per heavy atom. The minimum Gasteiger partial charge on any atom is -0.493 e. The van der Waals surface area contributed by atoms with Gasteiger partial charge in [0.05, 0.1) is 19.3 Å². The fraction of sp³-hybridized carbons (Fsp3) is 0.333. The molecule has 3 aromatic rings. The smallest absolute Gasteiger partial charge is 0.342 e. The molecule has 1 amide bonds. The quantitative estimate of drug-likeness (QED) is 0.640. The van der Waals surface area contributed by atoms with Crippen molar-refractivity contribution in [2.24, 2.45) is 0 Å². The third kappa shape index (κ3) is 3.54. The lowest BCUT2D eigenvalue weighted by atomic mass is 10.0. The highest BCUT2D eigenvalue weighted by Crippen LogP contribution is 2.31.